The number of carboxylic acid groups (broad SMARTS) is 1. The lowest BCUT2D eigenvalue weighted by Crippen LogP contribution is -2.20. The highest BCUT2D eigenvalue weighted by atomic mass is 127. The molecular formula is C14H10ClIN2O3. The summed E-state index contributed by atoms with van der Waals surface area (Å²) >= 11 is 7.93. The summed E-state index contributed by atoms with van der Waals surface area (Å²) in [7, 11) is 0. The van der Waals surface area contributed by atoms with Crippen molar-refractivity contribution in [2.45, 2.75) is 0 Å². The number of para-hydroxylation sites is 1. The van der Waals surface area contributed by atoms with E-state index < -0.39 is 12.0 Å². The zero-order valence-electron chi connectivity index (χ0n) is 10.6. The minimum atomic E-state index is -1.11. The van der Waals surface area contributed by atoms with Crippen molar-refractivity contribution < 1.29 is 14.7 Å². The molecule has 5 nitrogen and oxygen atoms in total. The molecule has 0 saturated carbocycles. The number of hydrogen-bond acceptors (Lipinski definition) is 2. The molecule has 0 radical (unpaired) electrons. The predicted octanol–water partition coefficient (Wildman–Crippen LogP) is 4.29. The summed E-state index contributed by atoms with van der Waals surface area (Å²) in [4.78, 5) is 22.8. The van der Waals surface area contributed by atoms with Crippen molar-refractivity contribution in [3.8, 4) is 0 Å². The van der Waals surface area contributed by atoms with Gasteiger partial charge in [-0.2, -0.15) is 0 Å². The van der Waals surface area contributed by atoms with Crippen LogP contribution in [0.2, 0.25) is 5.02 Å². The van der Waals surface area contributed by atoms with Crippen LogP contribution in [0.3, 0.4) is 0 Å². The number of anilines is 2. The van der Waals surface area contributed by atoms with Gasteiger partial charge in [0.25, 0.3) is 0 Å². The molecule has 0 aliphatic carbocycles. The molecule has 0 aliphatic rings. The number of nitrogens with one attached hydrogen (secondary N) is 2. The maximum Gasteiger partial charge on any atom is 0.335 e. The molecule has 0 heterocycles. The van der Waals surface area contributed by atoms with Gasteiger partial charge in [-0.15, -0.1) is 0 Å². The van der Waals surface area contributed by atoms with Crippen LogP contribution < -0.4 is 10.6 Å². The third-order valence-electron chi connectivity index (χ3n) is 2.52. The Labute approximate surface area is 139 Å². The summed E-state index contributed by atoms with van der Waals surface area (Å²) in [6.45, 7) is 0. The van der Waals surface area contributed by atoms with Gasteiger partial charge in [0.15, 0.2) is 0 Å². The summed E-state index contributed by atoms with van der Waals surface area (Å²) in [6, 6.07) is 10.9. The van der Waals surface area contributed by atoms with Gasteiger partial charge in [0.1, 0.15) is 0 Å². The first-order valence-corrected chi connectivity index (χ1v) is 7.28. The quantitative estimate of drug-likeness (QED) is 0.653. The van der Waals surface area contributed by atoms with Crippen molar-refractivity contribution in [3.05, 3.63) is 56.6 Å². The summed E-state index contributed by atoms with van der Waals surface area (Å²) in [5.74, 6) is -1.11. The van der Waals surface area contributed by atoms with Crippen LogP contribution in [-0.2, 0) is 0 Å². The highest BCUT2D eigenvalue weighted by molar-refractivity contribution is 14.1. The minimum Gasteiger partial charge on any atom is -0.478 e. The van der Waals surface area contributed by atoms with Gasteiger partial charge in [0, 0.05) is 14.3 Å². The first-order valence-electron chi connectivity index (χ1n) is 5.82. The molecule has 0 aromatic heterocycles. The first-order chi connectivity index (χ1) is 9.95. The van der Waals surface area contributed by atoms with Crippen LogP contribution in [-0.4, -0.2) is 17.1 Å². The number of urea groups is 1. The number of rotatable bonds is 3. The number of amides is 2. The van der Waals surface area contributed by atoms with Crippen LogP contribution in [0, 0.1) is 3.57 Å². The fourth-order valence-electron chi connectivity index (χ4n) is 1.63. The zero-order valence-corrected chi connectivity index (χ0v) is 13.5. The fraction of sp³-hybridized carbons (Fsp3) is 0. The van der Waals surface area contributed by atoms with E-state index in [1.54, 1.807) is 12.1 Å². The Hall–Kier alpha value is -1.80. The number of carbonyl (C=O) groups is 2. The molecule has 2 amide bonds. The highest BCUT2D eigenvalue weighted by Crippen LogP contribution is 2.20. The van der Waals surface area contributed by atoms with E-state index in [4.69, 9.17) is 16.7 Å². The monoisotopic (exact) mass is 416 g/mol. The Morgan fingerprint density at radius 1 is 1.10 bits per heavy atom. The number of carboxylic acids is 1. The van der Waals surface area contributed by atoms with Crippen molar-refractivity contribution >= 4 is 57.6 Å². The van der Waals surface area contributed by atoms with Gasteiger partial charge in [0.2, 0.25) is 0 Å². The summed E-state index contributed by atoms with van der Waals surface area (Å²) < 4.78 is 0.891. The number of halogens is 2. The normalized spacial score (nSPS) is 10.0. The molecule has 0 aliphatic heterocycles. The average Bonchev–Trinajstić information content (AvgIpc) is 2.40. The molecule has 0 saturated heterocycles. The number of carbonyl (C=O) groups excluding carboxylic acids is 1. The molecule has 0 atom stereocenters. The largest absolute Gasteiger partial charge is 0.478 e. The molecule has 2 aromatic carbocycles. The lowest BCUT2D eigenvalue weighted by molar-refractivity contribution is 0.0697. The van der Waals surface area contributed by atoms with Crippen LogP contribution in [0.5, 0.6) is 0 Å². The first kappa shape index (κ1) is 15.6. The molecule has 0 bridgehead atoms. The van der Waals surface area contributed by atoms with E-state index in [1.165, 1.54) is 18.2 Å². The number of aromatic carboxylic acids is 1. The van der Waals surface area contributed by atoms with Gasteiger partial charge in [-0.05, 0) is 52.9 Å². The van der Waals surface area contributed by atoms with Crippen LogP contribution in [0.4, 0.5) is 16.2 Å². The Kier molecular flexibility index (Phi) is 5.03. The molecular weight excluding hydrogens is 407 g/mol. The van der Waals surface area contributed by atoms with E-state index in [2.05, 4.69) is 33.2 Å². The lowest BCUT2D eigenvalue weighted by atomic mass is 10.2. The Bertz CT molecular complexity index is 706. The summed E-state index contributed by atoms with van der Waals surface area (Å²) in [6.07, 6.45) is 0. The van der Waals surface area contributed by atoms with E-state index in [0.29, 0.717) is 11.4 Å². The molecule has 3 N–H and O–H groups in total. The molecule has 0 unspecified atom stereocenters. The second-order valence-electron chi connectivity index (χ2n) is 4.09. The van der Waals surface area contributed by atoms with Crippen molar-refractivity contribution in [3.63, 3.8) is 0 Å². The van der Waals surface area contributed by atoms with Gasteiger partial charge in [0.05, 0.1) is 11.3 Å². The zero-order chi connectivity index (χ0) is 15.4. The standard InChI is InChI=1S/C14H10ClIN2O3/c15-9-5-8(13(19)20)6-10(7-9)17-14(21)18-12-4-2-1-3-11(12)16/h1-7H,(H,19,20)(H2,17,18,21). The van der Waals surface area contributed by atoms with Crippen molar-refractivity contribution in [1.82, 2.24) is 0 Å². The van der Waals surface area contributed by atoms with Crippen LogP contribution in [0.1, 0.15) is 10.4 Å². The summed E-state index contributed by atoms with van der Waals surface area (Å²) in [5, 5.41) is 14.4. The van der Waals surface area contributed by atoms with Gasteiger partial charge < -0.3 is 15.7 Å². The van der Waals surface area contributed by atoms with Crippen LogP contribution in [0.25, 0.3) is 0 Å². The molecule has 7 heteroatoms. The smallest absolute Gasteiger partial charge is 0.335 e. The highest BCUT2D eigenvalue weighted by Gasteiger charge is 2.09. The predicted molar refractivity (Wildman–Crippen MR) is 90.2 cm³/mol. The molecule has 0 fully saturated rings. The maximum absolute atomic E-state index is 11.9. The van der Waals surface area contributed by atoms with E-state index in [-0.39, 0.29) is 10.6 Å². The molecule has 21 heavy (non-hydrogen) atoms. The minimum absolute atomic E-state index is 0.00657. The van der Waals surface area contributed by atoms with E-state index in [0.717, 1.165) is 3.57 Å². The van der Waals surface area contributed by atoms with E-state index >= 15 is 0 Å². The Balaban J connectivity index is 2.13. The fourth-order valence-corrected chi connectivity index (χ4v) is 2.39. The van der Waals surface area contributed by atoms with Crippen LogP contribution >= 0.6 is 34.2 Å². The Morgan fingerprint density at radius 3 is 2.48 bits per heavy atom. The van der Waals surface area contributed by atoms with Gasteiger partial charge >= 0.3 is 12.0 Å². The van der Waals surface area contributed by atoms with E-state index in [1.807, 2.05) is 12.1 Å². The molecule has 2 rings (SSSR count). The van der Waals surface area contributed by atoms with Gasteiger partial charge in [-0.25, -0.2) is 9.59 Å². The third-order valence-corrected chi connectivity index (χ3v) is 3.68. The van der Waals surface area contributed by atoms with E-state index in [9.17, 15) is 9.59 Å². The Morgan fingerprint density at radius 2 is 1.81 bits per heavy atom. The molecule has 0 spiro atoms. The topological polar surface area (TPSA) is 78.4 Å². The third kappa shape index (κ3) is 4.33. The molecule has 2 aromatic rings. The van der Waals surface area contributed by atoms with Gasteiger partial charge in [-0.3, -0.25) is 0 Å². The number of hydrogen-bond donors (Lipinski definition) is 3. The average molecular weight is 417 g/mol. The van der Waals surface area contributed by atoms with Crippen molar-refractivity contribution in [2.24, 2.45) is 0 Å². The number of benzene rings is 2. The maximum atomic E-state index is 11.9. The lowest BCUT2D eigenvalue weighted by Gasteiger charge is -2.10. The second kappa shape index (κ2) is 6.77. The SMILES string of the molecule is O=C(Nc1cc(Cl)cc(C(=O)O)c1)Nc1ccccc1I. The summed E-state index contributed by atoms with van der Waals surface area (Å²) in [5.41, 5.74) is 0.978. The molecule has 108 valence electrons. The van der Waals surface area contributed by atoms with Crippen LogP contribution in [0.15, 0.2) is 42.5 Å². The van der Waals surface area contributed by atoms with Crippen molar-refractivity contribution in [2.75, 3.05) is 10.6 Å². The van der Waals surface area contributed by atoms with Crippen molar-refractivity contribution in [1.29, 1.82) is 0 Å². The van der Waals surface area contributed by atoms with Gasteiger partial charge in [-0.1, -0.05) is 23.7 Å². The second-order valence-corrected chi connectivity index (χ2v) is 5.69.